The number of ether oxygens (including phenoxy) is 1. The number of aromatic nitrogens is 2. The van der Waals surface area contributed by atoms with Crippen LogP contribution < -0.4 is 10.9 Å². The molecule has 1 aliphatic rings. The number of nitro groups is 1. The second-order valence-corrected chi connectivity index (χ2v) is 7.04. The van der Waals surface area contributed by atoms with E-state index in [0.29, 0.717) is 12.8 Å². The average molecular weight is 426 g/mol. The molecule has 12 heteroatoms. The van der Waals surface area contributed by atoms with Crippen molar-refractivity contribution in [2.75, 3.05) is 18.5 Å². The second kappa shape index (κ2) is 7.94. The third kappa shape index (κ3) is 3.82. The van der Waals surface area contributed by atoms with Gasteiger partial charge in [-0.25, -0.2) is 18.6 Å². The summed E-state index contributed by atoms with van der Waals surface area (Å²) in [7, 11) is 1.30. The van der Waals surface area contributed by atoms with Crippen molar-refractivity contribution in [2.24, 2.45) is 13.0 Å². The maximum Gasteiger partial charge on any atom is 0.345 e. The number of fused-ring (bicyclic) bond motifs is 1. The van der Waals surface area contributed by atoms with E-state index in [9.17, 15) is 28.5 Å². The Morgan fingerprint density at radius 2 is 2.20 bits per heavy atom. The Bertz CT molecular complexity index is 1070. The van der Waals surface area contributed by atoms with Crippen LogP contribution in [-0.2, 0) is 11.8 Å². The van der Waals surface area contributed by atoms with Gasteiger partial charge in [-0.15, -0.1) is 0 Å². The number of nitrogens with zero attached hydrogens (tertiary/aromatic N) is 3. The molecule has 0 aromatic carbocycles. The predicted molar refractivity (Wildman–Crippen MR) is 102 cm³/mol. The van der Waals surface area contributed by atoms with Crippen molar-refractivity contribution in [1.29, 1.82) is 0 Å². The number of anilines is 1. The first-order valence-electron chi connectivity index (χ1n) is 9.21. The zero-order valence-corrected chi connectivity index (χ0v) is 16.2. The fraction of sp³-hybridized carbons (Fsp3) is 0.500. The zero-order chi connectivity index (χ0) is 22.2. The lowest BCUT2D eigenvalue weighted by atomic mass is 10.0. The van der Waals surface area contributed by atoms with Crippen molar-refractivity contribution in [2.45, 2.75) is 31.7 Å². The molecule has 0 amide bonds. The van der Waals surface area contributed by atoms with E-state index < -0.39 is 52.2 Å². The van der Waals surface area contributed by atoms with Gasteiger partial charge in [-0.2, -0.15) is 0 Å². The van der Waals surface area contributed by atoms with Gasteiger partial charge < -0.3 is 15.2 Å². The molecule has 162 valence electrons. The lowest BCUT2D eigenvalue weighted by Gasteiger charge is -2.28. The van der Waals surface area contributed by atoms with E-state index in [2.05, 4.69) is 10.3 Å². The standard InChI is InChI=1S/C18H20F2N4O6/c1-3-30-17(27)12-13(22-14(9-4-5-9)18(19,20)8-25)11-6-10(24(28)29)7-21-15(11)23(2)16(12)26/h6-7,9,14,22,25H,3-5,8H2,1-2H3/t14-/m0/s1. The number of hydrogen-bond acceptors (Lipinski definition) is 8. The van der Waals surface area contributed by atoms with Crippen molar-refractivity contribution in [1.82, 2.24) is 9.55 Å². The van der Waals surface area contributed by atoms with E-state index in [1.807, 2.05) is 0 Å². The van der Waals surface area contributed by atoms with Gasteiger partial charge >= 0.3 is 5.97 Å². The zero-order valence-electron chi connectivity index (χ0n) is 16.2. The van der Waals surface area contributed by atoms with E-state index >= 15 is 0 Å². The minimum Gasteiger partial charge on any atom is -0.462 e. The number of halogens is 2. The molecule has 0 aliphatic heterocycles. The van der Waals surface area contributed by atoms with Gasteiger partial charge in [0, 0.05) is 18.5 Å². The van der Waals surface area contributed by atoms with Crippen LogP contribution in [0, 0.1) is 16.0 Å². The number of rotatable bonds is 8. The fourth-order valence-electron chi connectivity index (χ4n) is 3.30. The Morgan fingerprint density at radius 1 is 1.53 bits per heavy atom. The highest BCUT2D eigenvalue weighted by Crippen LogP contribution is 2.42. The summed E-state index contributed by atoms with van der Waals surface area (Å²) in [6, 6.07) is -0.543. The van der Waals surface area contributed by atoms with Crippen molar-refractivity contribution in [3.8, 4) is 0 Å². The summed E-state index contributed by atoms with van der Waals surface area (Å²) < 4.78 is 34.8. The van der Waals surface area contributed by atoms with Crippen molar-refractivity contribution in [3.05, 3.63) is 38.3 Å². The molecule has 0 unspecified atom stereocenters. The Hall–Kier alpha value is -3.15. The summed E-state index contributed by atoms with van der Waals surface area (Å²) in [6.45, 7) is -0.0155. The number of hydrogen-bond donors (Lipinski definition) is 2. The number of pyridine rings is 2. The quantitative estimate of drug-likeness (QED) is 0.371. The molecule has 2 heterocycles. The maximum absolute atomic E-state index is 14.4. The van der Waals surface area contributed by atoms with Crippen LogP contribution >= 0.6 is 0 Å². The number of aliphatic hydroxyl groups excluding tert-OH is 1. The fourth-order valence-corrected chi connectivity index (χ4v) is 3.30. The smallest absolute Gasteiger partial charge is 0.345 e. The summed E-state index contributed by atoms with van der Waals surface area (Å²) >= 11 is 0. The third-order valence-corrected chi connectivity index (χ3v) is 4.96. The first-order chi connectivity index (χ1) is 14.1. The van der Waals surface area contributed by atoms with E-state index in [1.165, 1.54) is 14.0 Å². The largest absolute Gasteiger partial charge is 0.462 e. The van der Waals surface area contributed by atoms with Crippen molar-refractivity contribution < 1.29 is 28.3 Å². The Balaban J connectivity index is 2.32. The molecule has 1 aliphatic carbocycles. The van der Waals surface area contributed by atoms with Crippen molar-refractivity contribution >= 4 is 28.4 Å². The van der Waals surface area contributed by atoms with Gasteiger partial charge in [0.2, 0.25) is 0 Å². The minimum atomic E-state index is -3.56. The first-order valence-corrected chi connectivity index (χ1v) is 9.21. The highest BCUT2D eigenvalue weighted by atomic mass is 19.3. The minimum absolute atomic E-state index is 0.0389. The third-order valence-electron chi connectivity index (χ3n) is 4.96. The van der Waals surface area contributed by atoms with Crippen LogP contribution in [0.2, 0.25) is 0 Å². The van der Waals surface area contributed by atoms with Gasteiger partial charge in [-0.05, 0) is 25.7 Å². The molecule has 10 nitrogen and oxygen atoms in total. The number of aliphatic hydroxyl groups is 1. The number of nitrogens with one attached hydrogen (secondary N) is 1. The second-order valence-electron chi connectivity index (χ2n) is 7.04. The molecule has 2 aromatic heterocycles. The van der Waals surface area contributed by atoms with Crippen molar-refractivity contribution in [3.63, 3.8) is 0 Å². The van der Waals surface area contributed by atoms with E-state index in [0.717, 1.165) is 16.8 Å². The molecule has 1 fully saturated rings. The summed E-state index contributed by atoms with van der Waals surface area (Å²) in [4.78, 5) is 39.7. The normalized spacial score (nSPS) is 15.1. The lowest BCUT2D eigenvalue weighted by Crippen LogP contribution is -2.45. The molecule has 1 saturated carbocycles. The predicted octanol–water partition coefficient (Wildman–Crippen LogP) is 1.84. The topological polar surface area (TPSA) is 137 Å². The molecule has 30 heavy (non-hydrogen) atoms. The SMILES string of the molecule is CCOC(=O)c1c(N[C@@H](C2CC2)C(F)(F)CO)c2cc([N+](=O)[O-])cnc2n(C)c1=O. The number of alkyl halides is 2. The molecule has 0 bridgehead atoms. The highest BCUT2D eigenvalue weighted by Gasteiger charge is 2.48. The monoisotopic (exact) mass is 426 g/mol. The summed E-state index contributed by atoms with van der Waals surface area (Å²) in [5, 5.41) is 22.8. The molecule has 0 saturated heterocycles. The van der Waals surface area contributed by atoms with Gasteiger partial charge in [-0.1, -0.05) is 0 Å². The van der Waals surface area contributed by atoms with E-state index in [-0.39, 0.29) is 23.3 Å². The molecule has 2 aromatic rings. The van der Waals surface area contributed by atoms with Crippen LogP contribution in [0.5, 0.6) is 0 Å². The number of aryl methyl sites for hydroxylation is 1. The number of carbonyl (C=O) groups is 1. The Kier molecular flexibility index (Phi) is 5.70. The molecule has 0 radical (unpaired) electrons. The highest BCUT2D eigenvalue weighted by molar-refractivity contribution is 6.04. The Morgan fingerprint density at radius 3 is 2.73 bits per heavy atom. The summed E-state index contributed by atoms with van der Waals surface area (Å²) in [5.41, 5.74) is -2.23. The van der Waals surface area contributed by atoms with Gasteiger partial charge in [0.15, 0.2) is 0 Å². The number of carbonyl (C=O) groups excluding carboxylic acids is 1. The first kappa shape index (κ1) is 21.6. The number of esters is 1. The van der Waals surface area contributed by atoms with Gasteiger partial charge in [0.05, 0.1) is 23.3 Å². The molecule has 3 rings (SSSR count). The van der Waals surface area contributed by atoms with E-state index in [1.54, 1.807) is 0 Å². The molecule has 1 atom stereocenters. The van der Waals surface area contributed by atoms with Crippen LogP contribution in [0.4, 0.5) is 20.2 Å². The molecular weight excluding hydrogens is 406 g/mol. The van der Waals surface area contributed by atoms with E-state index in [4.69, 9.17) is 9.84 Å². The van der Waals surface area contributed by atoms with Crippen LogP contribution in [0.3, 0.4) is 0 Å². The summed E-state index contributed by atoms with van der Waals surface area (Å²) in [6.07, 6.45) is 1.85. The molecule has 0 spiro atoms. The summed E-state index contributed by atoms with van der Waals surface area (Å²) in [5.74, 6) is -5.13. The maximum atomic E-state index is 14.4. The van der Waals surface area contributed by atoms with Crippen LogP contribution in [0.1, 0.15) is 30.1 Å². The van der Waals surface area contributed by atoms with Gasteiger partial charge in [-0.3, -0.25) is 19.5 Å². The van der Waals surface area contributed by atoms with Gasteiger partial charge in [0.25, 0.3) is 17.2 Å². The molecular formula is C18H20F2N4O6. The molecule has 2 N–H and O–H groups in total. The van der Waals surface area contributed by atoms with Gasteiger partial charge in [0.1, 0.15) is 24.0 Å². The lowest BCUT2D eigenvalue weighted by molar-refractivity contribution is -0.385. The van der Waals surface area contributed by atoms with Crippen LogP contribution in [0.25, 0.3) is 11.0 Å². The Labute approximate surface area is 168 Å². The van der Waals surface area contributed by atoms with Crippen LogP contribution in [0.15, 0.2) is 17.1 Å². The van der Waals surface area contributed by atoms with Crippen LogP contribution in [-0.4, -0.2) is 50.7 Å². The average Bonchev–Trinajstić information content (AvgIpc) is 3.53.